The van der Waals surface area contributed by atoms with Crippen molar-refractivity contribution in [3.8, 4) is 0 Å². The summed E-state index contributed by atoms with van der Waals surface area (Å²) < 4.78 is 117. The van der Waals surface area contributed by atoms with Crippen LogP contribution in [-0.2, 0) is 40.5 Å². The van der Waals surface area contributed by atoms with Gasteiger partial charge in [0.2, 0.25) is 0 Å². The third-order valence-corrected chi connectivity index (χ3v) is 4.32. The van der Waals surface area contributed by atoms with E-state index in [1.54, 1.807) is 24.3 Å². The second kappa shape index (κ2) is 12.9. The van der Waals surface area contributed by atoms with Crippen LogP contribution < -0.4 is 0 Å². The predicted molar refractivity (Wildman–Crippen MR) is 110 cm³/mol. The fourth-order valence-electron chi connectivity index (χ4n) is 1.41. The first-order valence-electron chi connectivity index (χ1n) is 7.87. The molecule has 0 spiro atoms. The maximum absolute atomic E-state index is 10.4. The average Bonchev–Trinajstić information content (AvgIpc) is 2.51. The second-order valence-electron chi connectivity index (χ2n) is 5.94. The Morgan fingerprint density at radius 3 is 0.750 bits per heavy atom. The van der Waals surface area contributed by atoms with Crippen LogP contribution >= 0.6 is 0 Å². The number of hydrogen-bond acceptors (Lipinski definition) is 12. The summed E-state index contributed by atoms with van der Waals surface area (Å²) in [6, 6.07) is 11.6. The van der Waals surface area contributed by atoms with E-state index in [1.807, 2.05) is 13.8 Å². The highest BCUT2D eigenvalue weighted by atomic mass is 32.2. The Balaban J connectivity index is 0. The van der Waals surface area contributed by atoms with Crippen LogP contribution in [0.15, 0.2) is 58.3 Å². The van der Waals surface area contributed by atoms with Crippen LogP contribution in [0.3, 0.4) is 0 Å². The largest absolute Gasteiger partial charge is 0.748 e. The first-order valence-corrected chi connectivity index (χ1v) is 14.3. The van der Waals surface area contributed by atoms with Gasteiger partial charge in [-0.1, -0.05) is 35.4 Å². The summed E-state index contributed by atoms with van der Waals surface area (Å²) in [6.07, 6.45) is 1.21. The molecule has 0 radical (unpaired) electrons. The van der Waals surface area contributed by atoms with Gasteiger partial charge in [0.1, 0.15) is 20.2 Å². The van der Waals surface area contributed by atoms with Gasteiger partial charge in [-0.3, -0.25) is 0 Å². The molecule has 0 aromatic heterocycles. The molecule has 2 aromatic rings. The molecule has 0 saturated carbocycles. The fourth-order valence-corrected chi connectivity index (χ4v) is 2.35. The lowest BCUT2D eigenvalue weighted by Crippen LogP contribution is -1.97. The zero-order valence-corrected chi connectivity index (χ0v) is 20.4. The van der Waals surface area contributed by atoms with E-state index >= 15 is 0 Å². The van der Waals surface area contributed by atoms with Crippen molar-refractivity contribution in [3.05, 3.63) is 59.7 Å². The molecule has 0 N–H and O–H groups in total. The van der Waals surface area contributed by atoms with Crippen LogP contribution in [0.25, 0.3) is 0 Å². The van der Waals surface area contributed by atoms with Gasteiger partial charge in [0.25, 0.3) is 0 Å². The molecule has 0 bridgehead atoms. The summed E-state index contributed by atoms with van der Waals surface area (Å²) in [6.45, 7) is 3.64. The molecule has 12 nitrogen and oxygen atoms in total. The molecule has 0 aliphatic rings. The number of rotatable bonds is 2. The van der Waals surface area contributed by atoms with Crippen molar-refractivity contribution in [3.63, 3.8) is 0 Å². The smallest absolute Gasteiger partial charge is 0.124 e. The second-order valence-corrected chi connectivity index (χ2v) is 11.5. The minimum atomic E-state index is -4.27. The van der Waals surface area contributed by atoms with Crippen molar-refractivity contribution in [1.29, 1.82) is 0 Å². The van der Waals surface area contributed by atoms with Crippen LogP contribution in [0.1, 0.15) is 11.1 Å². The zero-order chi connectivity index (χ0) is 26.0. The molecule has 0 aliphatic carbocycles. The fraction of sp³-hybridized carbons (Fsp3) is 0.250. The van der Waals surface area contributed by atoms with Gasteiger partial charge in [-0.25, -0.2) is 33.7 Å². The quantitative estimate of drug-likeness (QED) is 0.469. The van der Waals surface area contributed by atoms with Crippen LogP contribution in [0.4, 0.5) is 0 Å². The van der Waals surface area contributed by atoms with Gasteiger partial charge < -0.3 is 18.2 Å². The van der Waals surface area contributed by atoms with Gasteiger partial charge in [0.15, 0.2) is 0 Å². The van der Waals surface area contributed by atoms with Crippen molar-refractivity contribution in [2.45, 2.75) is 23.6 Å². The highest BCUT2D eigenvalue weighted by Crippen LogP contribution is 2.09. The van der Waals surface area contributed by atoms with Crippen molar-refractivity contribution in [2.75, 3.05) is 12.5 Å². The summed E-state index contributed by atoms with van der Waals surface area (Å²) in [5.74, 6) is 0. The summed E-state index contributed by atoms with van der Waals surface area (Å²) >= 11 is 0. The Morgan fingerprint density at radius 1 is 0.469 bits per heavy atom. The summed E-state index contributed by atoms with van der Waals surface area (Å²) in [5, 5.41) is 0. The SMILES string of the molecule is CS(=O)(=O)[O-].CS(=O)(=O)[O-].Cc1ccc(S(=O)(=O)[O-])cc1.Cc1ccc(S(=O)(=O)[O-])cc1. The molecule has 184 valence electrons. The molecular formula is C16H20O12S4-4. The molecule has 2 aromatic carbocycles. The predicted octanol–water partition coefficient (Wildman–Crippen LogP) is 0.121. The molecule has 16 heteroatoms. The van der Waals surface area contributed by atoms with Gasteiger partial charge in [0.05, 0.1) is 30.0 Å². The monoisotopic (exact) mass is 532 g/mol. The first kappa shape index (κ1) is 32.3. The highest BCUT2D eigenvalue weighted by molar-refractivity contribution is 7.86. The van der Waals surface area contributed by atoms with Gasteiger partial charge in [-0.05, 0) is 38.1 Å². The Labute approximate surface area is 187 Å². The van der Waals surface area contributed by atoms with Gasteiger partial charge >= 0.3 is 0 Å². The molecule has 32 heavy (non-hydrogen) atoms. The lowest BCUT2D eigenvalue weighted by atomic mass is 10.2. The number of benzene rings is 2. The molecule has 2 rings (SSSR count). The Hall–Kier alpha value is -1.92. The van der Waals surface area contributed by atoms with E-state index in [4.69, 9.17) is 25.9 Å². The van der Waals surface area contributed by atoms with Crippen molar-refractivity contribution in [1.82, 2.24) is 0 Å². The first-order chi connectivity index (χ1) is 14.0. The third kappa shape index (κ3) is 22.8. The van der Waals surface area contributed by atoms with E-state index in [2.05, 4.69) is 0 Å². The molecule has 0 saturated heterocycles. The lowest BCUT2D eigenvalue weighted by molar-refractivity contribution is 0.461. The van der Waals surface area contributed by atoms with Gasteiger partial charge in [0, 0.05) is 12.5 Å². The third-order valence-electron chi connectivity index (χ3n) is 2.62. The molecule has 0 aliphatic heterocycles. The summed E-state index contributed by atoms with van der Waals surface area (Å²) in [5.41, 5.74) is 1.86. The molecular weight excluding hydrogens is 512 g/mol. The van der Waals surface area contributed by atoms with E-state index in [1.165, 1.54) is 24.3 Å². The number of aryl methyl sites for hydroxylation is 2. The van der Waals surface area contributed by atoms with Gasteiger partial charge in [-0.15, -0.1) is 0 Å². The zero-order valence-electron chi connectivity index (χ0n) is 17.2. The Morgan fingerprint density at radius 2 is 0.625 bits per heavy atom. The van der Waals surface area contributed by atoms with Crippen LogP contribution in [0, 0.1) is 13.8 Å². The topological polar surface area (TPSA) is 229 Å². The van der Waals surface area contributed by atoms with E-state index in [0.29, 0.717) is 12.5 Å². The van der Waals surface area contributed by atoms with Crippen LogP contribution in [-0.4, -0.2) is 64.4 Å². The van der Waals surface area contributed by atoms with Crippen molar-refractivity contribution in [2.24, 2.45) is 0 Å². The normalized spacial score (nSPS) is 11.5. The molecule has 0 unspecified atom stereocenters. The Kier molecular flexibility index (Phi) is 13.1. The molecule has 0 amide bonds. The maximum atomic E-state index is 10.4. The lowest BCUT2D eigenvalue weighted by Gasteiger charge is -2.05. The van der Waals surface area contributed by atoms with E-state index in [0.717, 1.165) is 11.1 Å². The molecule has 0 heterocycles. The summed E-state index contributed by atoms with van der Waals surface area (Å²) in [4.78, 5) is -0.355. The van der Waals surface area contributed by atoms with Gasteiger partial charge in [-0.2, -0.15) is 0 Å². The highest BCUT2D eigenvalue weighted by Gasteiger charge is 1.98. The van der Waals surface area contributed by atoms with E-state index < -0.39 is 40.5 Å². The van der Waals surface area contributed by atoms with Crippen molar-refractivity contribution >= 4 is 40.5 Å². The maximum Gasteiger partial charge on any atom is 0.124 e. The van der Waals surface area contributed by atoms with E-state index in [-0.39, 0.29) is 9.79 Å². The van der Waals surface area contributed by atoms with Crippen LogP contribution in [0.2, 0.25) is 0 Å². The van der Waals surface area contributed by atoms with E-state index in [9.17, 15) is 25.9 Å². The van der Waals surface area contributed by atoms with Crippen molar-refractivity contribution < 1.29 is 51.9 Å². The number of hydrogen-bond donors (Lipinski definition) is 0. The Bertz CT molecular complexity index is 1140. The minimum absolute atomic E-state index is 0.178. The average molecular weight is 533 g/mol. The standard InChI is InChI=1S/2C7H8O3S.2CH4O3S/c2*1-6-2-4-7(5-3-6)11(8,9)10;2*1-5(2,3)4/h2*2-5H,1H3,(H,8,9,10);2*1H3,(H,2,3,4)/p-4. The summed E-state index contributed by atoms with van der Waals surface area (Å²) in [7, 11) is -16.4. The molecule has 0 atom stereocenters. The molecule has 0 fully saturated rings. The minimum Gasteiger partial charge on any atom is -0.748 e. The van der Waals surface area contributed by atoms with Crippen LogP contribution in [0.5, 0.6) is 0 Å².